The number of amides is 1. The van der Waals surface area contributed by atoms with Gasteiger partial charge in [0.15, 0.2) is 11.7 Å². The lowest BCUT2D eigenvalue weighted by atomic mass is 10.3. The van der Waals surface area contributed by atoms with Crippen molar-refractivity contribution in [2.45, 2.75) is 0 Å². The van der Waals surface area contributed by atoms with Gasteiger partial charge in [0.05, 0.1) is 4.92 Å². The first-order valence-electron chi connectivity index (χ1n) is 7.02. The summed E-state index contributed by atoms with van der Waals surface area (Å²) in [6.45, 7) is -0.309. The van der Waals surface area contributed by atoms with Crippen LogP contribution in [0.3, 0.4) is 0 Å². The van der Waals surface area contributed by atoms with Crippen LogP contribution in [0.5, 0.6) is 5.75 Å². The summed E-state index contributed by atoms with van der Waals surface area (Å²) in [6.07, 6.45) is 0. The molecule has 0 unspecified atom stereocenters. The van der Waals surface area contributed by atoms with Gasteiger partial charge in [0, 0.05) is 27.9 Å². The van der Waals surface area contributed by atoms with Crippen LogP contribution in [0.4, 0.5) is 11.4 Å². The SMILES string of the molecule is O=C(COc1ccc([N+](=O)[O-])cc1)NNC(=S)Nc1cc(Cl)cc(Cl)c1. The van der Waals surface area contributed by atoms with E-state index in [0.717, 1.165) is 0 Å². The number of anilines is 1. The Hall–Kier alpha value is -2.62. The van der Waals surface area contributed by atoms with E-state index in [2.05, 4.69) is 16.2 Å². The summed E-state index contributed by atoms with van der Waals surface area (Å²) in [7, 11) is 0. The first-order valence-corrected chi connectivity index (χ1v) is 8.19. The van der Waals surface area contributed by atoms with E-state index in [0.29, 0.717) is 21.5 Å². The maximum Gasteiger partial charge on any atom is 0.276 e. The molecule has 2 aromatic rings. The van der Waals surface area contributed by atoms with E-state index in [1.54, 1.807) is 18.2 Å². The lowest BCUT2D eigenvalue weighted by Gasteiger charge is -2.12. The minimum Gasteiger partial charge on any atom is -0.484 e. The molecule has 26 heavy (non-hydrogen) atoms. The van der Waals surface area contributed by atoms with Gasteiger partial charge in [-0.2, -0.15) is 0 Å². The van der Waals surface area contributed by atoms with Gasteiger partial charge in [-0.1, -0.05) is 23.2 Å². The summed E-state index contributed by atoms with van der Waals surface area (Å²) in [5, 5.41) is 14.3. The van der Waals surface area contributed by atoms with E-state index in [9.17, 15) is 14.9 Å². The Balaban J connectivity index is 1.75. The van der Waals surface area contributed by atoms with Crippen LogP contribution in [-0.2, 0) is 4.79 Å². The highest BCUT2D eigenvalue weighted by molar-refractivity contribution is 7.80. The van der Waals surface area contributed by atoms with Crippen molar-refractivity contribution < 1.29 is 14.5 Å². The first-order chi connectivity index (χ1) is 12.3. The van der Waals surface area contributed by atoms with Crippen LogP contribution in [0.2, 0.25) is 10.0 Å². The minimum atomic E-state index is -0.526. The molecule has 0 aliphatic heterocycles. The topological polar surface area (TPSA) is 106 Å². The molecule has 0 aliphatic carbocycles. The number of thiocarbonyl (C=S) groups is 1. The molecule has 1 amide bonds. The zero-order valence-electron chi connectivity index (χ0n) is 13.0. The number of nitro groups is 1. The summed E-state index contributed by atoms with van der Waals surface area (Å²) in [4.78, 5) is 21.7. The molecule has 0 spiro atoms. The van der Waals surface area contributed by atoms with Gasteiger partial charge in [-0.05, 0) is 42.5 Å². The van der Waals surface area contributed by atoms with Crippen LogP contribution in [0.1, 0.15) is 0 Å². The Morgan fingerprint density at radius 2 is 1.73 bits per heavy atom. The number of halogens is 2. The zero-order valence-corrected chi connectivity index (χ0v) is 15.3. The van der Waals surface area contributed by atoms with E-state index in [-0.39, 0.29) is 17.4 Å². The fraction of sp³-hybridized carbons (Fsp3) is 0.0667. The van der Waals surface area contributed by atoms with Crippen molar-refractivity contribution in [2.75, 3.05) is 11.9 Å². The fourth-order valence-electron chi connectivity index (χ4n) is 1.76. The number of ether oxygens (including phenoxy) is 1. The molecule has 0 saturated heterocycles. The Kier molecular flexibility index (Phi) is 6.96. The molecule has 2 rings (SSSR count). The van der Waals surface area contributed by atoms with Crippen LogP contribution in [0.25, 0.3) is 0 Å². The average molecular weight is 415 g/mol. The van der Waals surface area contributed by atoms with Gasteiger partial charge in [-0.3, -0.25) is 25.8 Å². The summed E-state index contributed by atoms with van der Waals surface area (Å²) in [5.74, 6) is -0.184. The molecule has 0 saturated carbocycles. The number of rotatable bonds is 5. The van der Waals surface area contributed by atoms with Crippen LogP contribution in [0, 0.1) is 10.1 Å². The summed E-state index contributed by atoms with van der Waals surface area (Å²) >= 11 is 16.8. The quantitative estimate of drug-likeness (QED) is 0.391. The number of benzene rings is 2. The standard InChI is InChI=1S/C15H12Cl2N4O4S/c16-9-5-10(17)7-11(6-9)18-15(26)20-19-14(22)8-25-13-3-1-12(2-4-13)21(23)24/h1-7H,8H2,(H,19,22)(H2,18,20,26). The van der Waals surface area contributed by atoms with Crippen molar-refractivity contribution in [1.82, 2.24) is 10.9 Å². The normalized spacial score (nSPS) is 9.92. The van der Waals surface area contributed by atoms with Crippen molar-refractivity contribution in [1.29, 1.82) is 0 Å². The Morgan fingerprint density at radius 1 is 1.12 bits per heavy atom. The van der Waals surface area contributed by atoms with Crippen molar-refractivity contribution in [3.05, 3.63) is 62.6 Å². The monoisotopic (exact) mass is 414 g/mol. The fourth-order valence-corrected chi connectivity index (χ4v) is 2.46. The number of hydrogen-bond acceptors (Lipinski definition) is 5. The Labute approximate surface area is 163 Å². The number of nitrogens with one attached hydrogen (secondary N) is 3. The second-order valence-corrected chi connectivity index (χ2v) is 6.11. The van der Waals surface area contributed by atoms with Gasteiger partial charge in [0.1, 0.15) is 5.75 Å². The number of hydrogen-bond donors (Lipinski definition) is 3. The molecule has 2 aromatic carbocycles. The van der Waals surface area contributed by atoms with Gasteiger partial charge < -0.3 is 10.1 Å². The number of hydrazine groups is 1. The molecule has 0 atom stereocenters. The maximum atomic E-state index is 11.7. The lowest BCUT2D eigenvalue weighted by molar-refractivity contribution is -0.384. The third-order valence-electron chi connectivity index (χ3n) is 2.85. The van der Waals surface area contributed by atoms with Crippen molar-refractivity contribution in [3.8, 4) is 5.75 Å². The molecule has 0 aliphatic rings. The largest absolute Gasteiger partial charge is 0.484 e. The molecule has 3 N–H and O–H groups in total. The molecule has 0 bridgehead atoms. The minimum absolute atomic E-state index is 0.0685. The number of non-ortho nitro benzene ring substituents is 1. The summed E-state index contributed by atoms with van der Waals surface area (Å²) < 4.78 is 5.21. The highest BCUT2D eigenvalue weighted by atomic mass is 35.5. The van der Waals surface area contributed by atoms with E-state index in [1.165, 1.54) is 24.3 Å². The van der Waals surface area contributed by atoms with Crippen molar-refractivity contribution in [2.24, 2.45) is 0 Å². The zero-order chi connectivity index (χ0) is 19.1. The molecule has 11 heteroatoms. The molecule has 8 nitrogen and oxygen atoms in total. The molecular formula is C15H12Cl2N4O4S. The second-order valence-electron chi connectivity index (χ2n) is 4.83. The average Bonchev–Trinajstić information content (AvgIpc) is 2.57. The molecule has 0 heterocycles. The third-order valence-corrected chi connectivity index (χ3v) is 3.49. The van der Waals surface area contributed by atoms with Crippen LogP contribution >= 0.6 is 35.4 Å². The molecule has 0 radical (unpaired) electrons. The summed E-state index contributed by atoms with van der Waals surface area (Å²) in [6, 6.07) is 10.1. The number of nitro benzene ring substituents is 1. The Morgan fingerprint density at radius 3 is 2.31 bits per heavy atom. The van der Waals surface area contributed by atoms with E-state index < -0.39 is 10.8 Å². The van der Waals surface area contributed by atoms with Crippen LogP contribution in [0.15, 0.2) is 42.5 Å². The summed E-state index contributed by atoms with van der Waals surface area (Å²) in [5.41, 5.74) is 5.32. The predicted molar refractivity (Wildman–Crippen MR) is 103 cm³/mol. The molecule has 136 valence electrons. The Bertz CT molecular complexity index is 813. The van der Waals surface area contributed by atoms with Crippen LogP contribution < -0.4 is 20.9 Å². The van der Waals surface area contributed by atoms with Gasteiger partial charge >= 0.3 is 0 Å². The van der Waals surface area contributed by atoms with E-state index in [1.807, 2.05) is 0 Å². The number of carbonyl (C=O) groups is 1. The van der Waals surface area contributed by atoms with Crippen molar-refractivity contribution >= 4 is 57.8 Å². The second kappa shape index (κ2) is 9.18. The van der Waals surface area contributed by atoms with Gasteiger partial charge in [-0.15, -0.1) is 0 Å². The lowest BCUT2D eigenvalue weighted by Crippen LogP contribution is -2.45. The highest BCUT2D eigenvalue weighted by Crippen LogP contribution is 2.22. The molecular weight excluding hydrogens is 403 g/mol. The van der Waals surface area contributed by atoms with Gasteiger partial charge in [0.25, 0.3) is 11.6 Å². The number of nitrogens with zero attached hydrogens (tertiary/aromatic N) is 1. The third kappa shape index (κ3) is 6.36. The van der Waals surface area contributed by atoms with E-state index in [4.69, 9.17) is 40.2 Å². The first kappa shape index (κ1) is 19.7. The predicted octanol–water partition coefficient (Wildman–Crippen LogP) is 3.30. The highest BCUT2D eigenvalue weighted by Gasteiger charge is 2.07. The molecule has 0 aromatic heterocycles. The van der Waals surface area contributed by atoms with Crippen molar-refractivity contribution in [3.63, 3.8) is 0 Å². The van der Waals surface area contributed by atoms with Crippen LogP contribution in [-0.4, -0.2) is 22.5 Å². The number of carbonyl (C=O) groups excluding carboxylic acids is 1. The molecule has 0 fully saturated rings. The van der Waals surface area contributed by atoms with E-state index >= 15 is 0 Å². The van der Waals surface area contributed by atoms with Gasteiger partial charge in [0.2, 0.25) is 0 Å². The van der Waals surface area contributed by atoms with Gasteiger partial charge in [-0.25, -0.2) is 0 Å². The maximum absolute atomic E-state index is 11.7. The smallest absolute Gasteiger partial charge is 0.276 e.